The van der Waals surface area contributed by atoms with Crippen LogP contribution in [0.2, 0.25) is 0 Å². The van der Waals surface area contributed by atoms with Gasteiger partial charge in [0.25, 0.3) is 5.56 Å². The maximum absolute atomic E-state index is 11.2. The van der Waals surface area contributed by atoms with Gasteiger partial charge in [-0.15, -0.1) is 0 Å². The number of halogens is 1. The minimum Gasteiger partial charge on any atom is -0.311 e. The summed E-state index contributed by atoms with van der Waals surface area (Å²) in [6.07, 6.45) is 1.36. The number of aromatic amines is 1. The Bertz CT molecular complexity index is 479. The monoisotopic (exact) mass is 225 g/mol. The molecule has 0 spiro atoms. The average Bonchev–Trinajstić information content (AvgIpc) is 2.07. The number of fused-ring (bicyclic) bond motifs is 1. The van der Waals surface area contributed by atoms with Crippen LogP contribution >= 0.6 is 15.9 Å². The molecule has 0 amide bonds. The van der Waals surface area contributed by atoms with Gasteiger partial charge in [0.05, 0.1) is 11.8 Å². The smallest absolute Gasteiger partial charge is 0.277 e. The van der Waals surface area contributed by atoms with Crippen molar-refractivity contribution in [3.63, 3.8) is 0 Å². The van der Waals surface area contributed by atoms with Gasteiger partial charge >= 0.3 is 0 Å². The van der Waals surface area contributed by atoms with Gasteiger partial charge in [-0.1, -0.05) is 0 Å². The van der Waals surface area contributed by atoms with Crippen molar-refractivity contribution in [3.05, 3.63) is 33.4 Å². The second-order valence-corrected chi connectivity index (χ2v) is 3.05. The summed E-state index contributed by atoms with van der Waals surface area (Å²) in [7, 11) is 0. The molecule has 12 heavy (non-hydrogen) atoms. The maximum atomic E-state index is 11.2. The Morgan fingerprint density at radius 1 is 1.42 bits per heavy atom. The molecule has 0 saturated carbocycles. The van der Waals surface area contributed by atoms with Crippen LogP contribution in [-0.2, 0) is 0 Å². The molecule has 1 N–H and O–H groups in total. The highest BCUT2D eigenvalue weighted by atomic mass is 79.9. The van der Waals surface area contributed by atoms with Crippen molar-refractivity contribution < 1.29 is 0 Å². The van der Waals surface area contributed by atoms with Crippen LogP contribution in [0, 0.1) is 0 Å². The van der Waals surface area contributed by atoms with E-state index in [9.17, 15) is 4.79 Å². The highest BCUT2D eigenvalue weighted by Gasteiger charge is 1.99. The van der Waals surface area contributed by atoms with Crippen molar-refractivity contribution in [3.8, 4) is 0 Å². The molecular formula is C7H4BrN3O. The Kier molecular flexibility index (Phi) is 1.65. The lowest BCUT2D eigenvalue weighted by molar-refractivity contribution is 1.14. The van der Waals surface area contributed by atoms with Crippen LogP contribution in [-0.4, -0.2) is 15.0 Å². The van der Waals surface area contributed by atoms with Gasteiger partial charge in [0, 0.05) is 0 Å². The lowest BCUT2D eigenvalue weighted by Gasteiger charge is -1.93. The number of H-pyrrole nitrogens is 1. The van der Waals surface area contributed by atoms with E-state index in [0.29, 0.717) is 15.6 Å². The summed E-state index contributed by atoms with van der Waals surface area (Å²) in [4.78, 5) is 21.5. The molecular weight excluding hydrogens is 222 g/mol. The van der Waals surface area contributed by atoms with E-state index >= 15 is 0 Å². The Morgan fingerprint density at radius 3 is 3.08 bits per heavy atom. The Morgan fingerprint density at radius 2 is 2.25 bits per heavy atom. The molecule has 0 aliphatic carbocycles. The summed E-state index contributed by atoms with van der Waals surface area (Å²) >= 11 is 3.17. The first kappa shape index (κ1) is 7.42. The Hall–Kier alpha value is -1.23. The molecule has 2 aromatic heterocycles. The third-order valence-electron chi connectivity index (χ3n) is 1.45. The molecule has 0 aromatic carbocycles. The average molecular weight is 226 g/mol. The molecule has 0 bridgehead atoms. The van der Waals surface area contributed by atoms with Gasteiger partial charge in [-0.2, -0.15) is 0 Å². The van der Waals surface area contributed by atoms with Gasteiger partial charge < -0.3 is 4.98 Å². The fourth-order valence-electron chi connectivity index (χ4n) is 0.928. The van der Waals surface area contributed by atoms with E-state index in [1.807, 2.05) is 0 Å². The van der Waals surface area contributed by atoms with Crippen molar-refractivity contribution >= 4 is 27.0 Å². The maximum Gasteiger partial charge on any atom is 0.277 e. The fourth-order valence-corrected chi connectivity index (χ4v) is 1.24. The van der Waals surface area contributed by atoms with Crippen molar-refractivity contribution in [2.24, 2.45) is 0 Å². The Labute approximate surface area is 75.8 Å². The zero-order chi connectivity index (χ0) is 8.55. The van der Waals surface area contributed by atoms with Gasteiger partial charge in [0.1, 0.15) is 4.60 Å². The fraction of sp³-hybridized carbons (Fsp3) is 0. The minimum absolute atomic E-state index is 0.221. The summed E-state index contributed by atoms with van der Waals surface area (Å²) < 4.78 is 0.633. The third-order valence-corrected chi connectivity index (χ3v) is 1.90. The van der Waals surface area contributed by atoms with Crippen LogP contribution < -0.4 is 5.56 Å². The largest absolute Gasteiger partial charge is 0.311 e. The second kappa shape index (κ2) is 2.67. The van der Waals surface area contributed by atoms with Crippen LogP contribution in [0.3, 0.4) is 0 Å². The Balaban J connectivity index is 2.98. The lowest BCUT2D eigenvalue weighted by Crippen LogP contribution is -2.07. The number of nitrogens with zero attached hydrogens (tertiary/aromatic N) is 2. The summed E-state index contributed by atoms with van der Waals surface area (Å²) in [5.41, 5.74) is 0.732. The second-order valence-electron chi connectivity index (χ2n) is 2.23. The van der Waals surface area contributed by atoms with Crippen molar-refractivity contribution in [2.45, 2.75) is 0 Å². The molecule has 0 aliphatic heterocycles. The predicted molar refractivity (Wildman–Crippen MR) is 47.9 cm³/mol. The normalized spacial score (nSPS) is 10.4. The molecule has 2 rings (SSSR count). The van der Waals surface area contributed by atoms with Crippen LogP contribution in [0.4, 0.5) is 0 Å². The molecule has 0 unspecified atom stereocenters. The molecule has 0 radical (unpaired) electrons. The van der Waals surface area contributed by atoms with E-state index in [2.05, 4.69) is 30.9 Å². The highest BCUT2D eigenvalue weighted by molar-refractivity contribution is 9.10. The summed E-state index contributed by atoms with van der Waals surface area (Å²) in [6.45, 7) is 0. The standard InChI is InChI=1S/C7H4BrN3O/c8-5-2-1-4-6(11-5)7(12)10-3-9-4/h1-3H,(H,9,10,12). The SMILES string of the molecule is O=c1[nH]cnc2ccc(Br)nc12. The zero-order valence-electron chi connectivity index (χ0n) is 5.91. The molecule has 0 atom stereocenters. The van der Waals surface area contributed by atoms with E-state index in [1.165, 1.54) is 6.33 Å². The highest BCUT2D eigenvalue weighted by Crippen LogP contribution is 2.09. The van der Waals surface area contributed by atoms with Gasteiger partial charge in [-0.25, -0.2) is 9.97 Å². The van der Waals surface area contributed by atoms with Crippen LogP contribution in [0.25, 0.3) is 11.0 Å². The van der Waals surface area contributed by atoms with Crippen molar-refractivity contribution in [2.75, 3.05) is 0 Å². The van der Waals surface area contributed by atoms with Crippen LogP contribution in [0.5, 0.6) is 0 Å². The summed E-state index contributed by atoms with van der Waals surface area (Å²) in [5, 5.41) is 0. The molecule has 4 nitrogen and oxygen atoms in total. The van der Waals surface area contributed by atoms with Crippen molar-refractivity contribution in [1.82, 2.24) is 15.0 Å². The number of rotatable bonds is 0. The number of nitrogens with one attached hydrogen (secondary N) is 1. The molecule has 0 fully saturated rings. The number of hydrogen-bond donors (Lipinski definition) is 1. The van der Waals surface area contributed by atoms with E-state index in [4.69, 9.17) is 0 Å². The summed E-state index contributed by atoms with van der Waals surface area (Å²) in [5.74, 6) is 0. The zero-order valence-corrected chi connectivity index (χ0v) is 7.50. The van der Waals surface area contributed by atoms with Gasteiger partial charge in [-0.05, 0) is 28.1 Å². The minimum atomic E-state index is -0.221. The number of pyridine rings is 1. The van der Waals surface area contributed by atoms with Crippen LogP contribution in [0.1, 0.15) is 0 Å². The topological polar surface area (TPSA) is 58.6 Å². The molecule has 60 valence electrons. The molecule has 5 heteroatoms. The lowest BCUT2D eigenvalue weighted by atomic mass is 10.4. The first-order valence-corrected chi connectivity index (χ1v) is 4.06. The van der Waals surface area contributed by atoms with Crippen molar-refractivity contribution in [1.29, 1.82) is 0 Å². The molecule has 0 saturated heterocycles. The van der Waals surface area contributed by atoms with E-state index in [-0.39, 0.29) is 5.56 Å². The van der Waals surface area contributed by atoms with E-state index in [1.54, 1.807) is 12.1 Å². The van der Waals surface area contributed by atoms with Gasteiger partial charge in [0.2, 0.25) is 0 Å². The molecule has 2 heterocycles. The third kappa shape index (κ3) is 1.12. The molecule has 0 aliphatic rings. The van der Waals surface area contributed by atoms with Gasteiger partial charge in [-0.3, -0.25) is 4.79 Å². The van der Waals surface area contributed by atoms with E-state index < -0.39 is 0 Å². The van der Waals surface area contributed by atoms with Gasteiger partial charge in [0.15, 0.2) is 5.52 Å². The first-order valence-electron chi connectivity index (χ1n) is 3.27. The summed E-state index contributed by atoms with van der Waals surface area (Å²) in [6, 6.07) is 3.48. The molecule has 2 aromatic rings. The van der Waals surface area contributed by atoms with Crippen LogP contribution in [0.15, 0.2) is 27.9 Å². The predicted octanol–water partition coefficient (Wildman–Crippen LogP) is 1.08. The quantitative estimate of drug-likeness (QED) is 0.683. The first-order chi connectivity index (χ1) is 5.77. The number of hydrogen-bond acceptors (Lipinski definition) is 3. The van der Waals surface area contributed by atoms with E-state index in [0.717, 1.165) is 0 Å². The number of aromatic nitrogens is 3.